The second-order valence-electron chi connectivity index (χ2n) is 6.76. The summed E-state index contributed by atoms with van der Waals surface area (Å²) >= 11 is 12.6. The lowest BCUT2D eigenvalue weighted by molar-refractivity contribution is 0.450. The van der Waals surface area contributed by atoms with Gasteiger partial charge in [0.2, 0.25) is 0 Å². The van der Waals surface area contributed by atoms with E-state index in [2.05, 4.69) is 36.5 Å². The van der Waals surface area contributed by atoms with E-state index < -0.39 is 0 Å². The maximum absolute atomic E-state index is 6.52. The molecule has 134 valence electrons. The SMILES string of the molecule is Cc1c(C2CCNCC2)nn(-c2ccc(Cl)cc2Cl)c1-c1ccccc1. The number of hydrogen-bond acceptors (Lipinski definition) is 2. The molecule has 1 aliphatic heterocycles. The average molecular weight is 386 g/mol. The minimum absolute atomic E-state index is 0.478. The van der Waals surface area contributed by atoms with E-state index in [9.17, 15) is 0 Å². The molecule has 1 aliphatic rings. The Kier molecular flexibility index (Phi) is 5.03. The number of rotatable bonds is 3. The van der Waals surface area contributed by atoms with E-state index in [1.54, 1.807) is 6.07 Å². The van der Waals surface area contributed by atoms with Crippen molar-refractivity contribution < 1.29 is 0 Å². The van der Waals surface area contributed by atoms with Crippen molar-refractivity contribution in [1.82, 2.24) is 15.1 Å². The van der Waals surface area contributed by atoms with Crippen LogP contribution in [0.2, 0.25) is 10.0 Å². The van der Waals surface area contributed by atoms with Crippen molar-refractivity contribution in [2.75, 3.05) is 13.1 Å². The zero-order valence-electron chi connectivity index (χ0n) is 14.7. The highest BCUT2D eigenvalue weighted by Crippen LogP contribution is 2.36. The van der Waals surface area contributed by atoms with Crippen molar-refractivity contribution in [1.29, 1.82) is 0 Å². The molecule has 2 aromatic carbocycles. The minimum Gasteiger partial charge on any atom is -0.317 e. The highest BCUT2D eigenvalue weighted by Gasteiger charge is 2.25. The zero-order chi connectivity index (χ0) is 18.1. The summed E-state index contributed by atoms with van der Waals surface area (Å²) in [5.41, 5.74) is 5.51. The van der Waals surface area contributed by atoms with Crippen molar-refractivity contribution in [3.63, 3.8) is 0 Å². The molecule has 26 heavy (non-hydrogen) atoms. The fourth-order valence-corrected chi connectivity index (χ4v) is 4.25. The topological polar surface area (TPSA) is 29.9 Å². The minimum atomic E-state index is 0.478. The summed E-state index contributed by atoms with van der Waals surface area (Å²) in [7, 11) is 0. The second-order valence-corrected chi connectivity index (χ2v) is 7.60. The van der Waals surface area contributed by atoms with E-state index in [1.807, 2.05) is 22.9 Å². The Balaban J connectivity index is 1.91. The highest BCUT2D eigenvalue weighted by molar-refractivity contribution is 6.35. The largest absolute Gasteiger partial charge is 0.317 e. The van der Waals surface area contributed by atoms with Crippen molar-refractivity contribution >= 4 is 23.2 Å². The van der Waals surface area contributed by atoms with Crippen LogP contribution in [0.1, 0.15) is 30.0 Å². The molecule has 0 amide bonds. The Morgan fingerprint density at radius 3 is 2.46 bits per heavy atom. The quantitative estimate of drug-likeness (QED) is 0.633. The van der Waals surface area contributed by atoms with Gasteiger partial charge in [-0.3, -0.25) is 0 Å². The van der Waals surface area contributed by atoms with Crippen molar-refractivity contribution in [2.24, 2.45) is 0 Å². The van der Waals surface area contributed by atoms with Gasteiger partial charge in [0.25, 0.3) is 0 Å². The molecule has 1 N–H and O–H groups in total. The maximum Gasteiger partial charge on any atom is 0.0840 e. The van der Waals surface area contributed by atoms with Crippen LogP contribution < -0.4 is 5.32 Å². The van der Waals surface area contributed by atoms with Crippen LogP contribution in [0.15, 0.2) is 48.5 Å². The molecule has 1 aromatic heterocycles. The van der Waals surface area contributed by atoms with Gasteiger partial charge in [-0.05, 0) is 56.6 Å². The van der Waals surface area contributed by atoms with E-state index >= 15 is 0 Å². The van der Waals surface area contributed by atoms with E-state index in [0.717, 1.165) is 42.9 Å². The molecule has 0 saturated carbocycles. The third-order valence-electron chi connectivity index (χ3n) is 5.07. The normalized spacial score (nSPS) is 15.3. The van der Waals surface area contributed by atoms with Gasteiger partial charge in [-0.1, -0.05) is 53.5 Å². The van der Waals surface area contributed by atoms with Gasteiger partial charge in [0.05, 0.1) is 22.1 Å². The van der Waals surface area contributed by atoms with Gasteiger partial charge in [0.1, 0.15) is 0 Å². The average Bonchev–Trinajstić information content (AvgIpc) is 3.00. The number of benzene rings is 2. The number of nitrogens with one attached hydrogen (secondary N) is 1. The smallest absolute Gasteiger partial charge is 0.0840 e. The van der Waals surface area contributed by atoms with Crippen LogP contribution in [0.5, 0.6) is 0 Å². The lowest BCUT2D eigenvalue weighted by atomic mass is 9.91. The maximum atomic E-state index is 6.52. The first-order chi connectivity index (χ1) is 12.6. The van der Waals surface area contributed by atoms with Gasteiger partial charge in [-0.25, -0.2) is 4.68 Å². The Labute approximate surface area is 163 Å². The molecule has 3 nitrogen and oxygen atoms in total. The molecule has 0 radical (unpaired) electrons. The Morgan fingerprint density at radius 2 is 1.77 bits per heavy atom. The standard InChI is InChI=1S/C21H21Cl2N3/c1-14-20(15-9-11-24-12-10-15)25-26(19-8-7-17(22)13-18(19)23)21(14)16-5-3-2-4-6-16/h2-8,13,15,24H,9-12H2,1H3. The predicted octanol–water partition coefficient (Wildman–Crippen LogP) is 5.62. The first kappa shape index (κ1) is 17.6. The molecular weight excluding hydrogens is 365 g/mol. The Hall–Kier alpha value is -1.81. The summed E-state index contributed by atoms with van der Waals surface area (Å²) in [6.07, 6.45) is 2.22. The molecule has 0 spiro atoms. The number of nitrogens with zero attached hydrogens (tertiary/aromatic N) is 2. The van der Waals surface area contributed by atoms with E-state index in [4.69, 9.17) is 28.3 Å². The van der Waals surface area contributed by atoms with Crippen LogP contribution in [0.3, 0.4) is 0 Å². The Bertz CT molecular complexity index is 913. The fourth-order valence-electron chi connectivity index (χ4n) is 3.76. The number of piperidine rings is 1. The first-order valence-electron chi connectivity index (χ1n) is 8.96. The first-order valence-corrected chi connectivity index (χ1v) is 9.72. The molecule has 0 bridgehead atoms. The zero-order valence-corrected chi connectivity index (χ0v) is 16.2. The molecule has 4 rings (SSSR count). The monoisotopic (exact) mass is 385 g/mol. The summed E-state index contributed by atoms with van der Waals surface area (Å²) in [6.45, 7) is 4.26. The van der Waals surface area contributed by atoms with Crippen LogP contribution in [0, 0.1) is 6.92 Å². The van der Waals surface area contributed by atoms with Crippen molar-refractivity contribution in [3.8, 4) is 16.9 Å². The van der Waals surface area contributed by atoms with Crippen LogP contribution >= 0.6 is 23.2 Å². The van der Waals surface area contributed by atoms with Gasteiger partial charge < -0.3 is 5.32 Å². The lowest BCUT2D eigenvalue weighted by Crippen LogP contribution is -2.27. The third-order valence-corrected chi connectivity index (χ3v) is 5.61. The van der Waals surface area contributed by atoms with Gasteiger partial charge in [0, 0.05) is 16.5 Å². The number of aromatic nitrogens is 2. The van der Waals surface area contributed by atoms with Crippen molar-refractivity contribution in [2.45, 2.75) is 25.7 Å². The highest BCUT2D eigenvalue weighted by atomic mass is 35.5. The third kappa shape index (κ3) is 3.27. The lowest BCUT2D eigenvalue weighted by Gasteiger charge is -2.21. The van der Waals surface area contributed by atoms with E-state index in [1.165, 1.54) is 11.3 Å². The van der Waals surface area contributed by atoms with Crippen LogP contribution in [-0.2, 0) is 0 Å². The molecule has 0 aliphatic carbocycles. The van der Waals surface area contributed by atoms with E-state index in [0.29, 0.717) is 16.0 Å². The van der Waals surface area contributed by atoms with Gasteiger partial charge in [-0.2, -0.15) is 5.10 Å². The van der Waals surface area contributed by atoms with Gasteiger partial charge in [-0.15, -0.1) is 0 Å². The molecule has 5 heteroatoms. The van der Waals surface area contributed by atoms with Gasteiger partial charge >= 0.3 is 0 Å². The van der Waals surface area contributed by atoms with Gasteiger partial charge in [0.15, 0.2) is 0 Å². The molecule has 0 unspecified atom stereocenters. The number of hydrogen-bond donors (Lipinski definition) is 1. The van der Waals surface area contributed by atoms with Crippen LogP contribution in [0.4, 0.5) is 0 Å². The summed E-state index contributed by atoms with van der Waals surface area (Å²) in [5.74, 6) is 0.478. The predicted molar refractivity (Wildman–Crippen MR) is 109 cm³/mol. The molecule has 2 heterocycles. The van der Waals surface area contributed by atoms with Crippen LogP contribution in [0.25, 0.3) is 16.9 Å². The summed E-state index contributed by atoms with van der Waals surface area (Å²) in [4.78, 5) is 0. The summed E-state index contributed by atoms with van der Waals surface area (Å²) < 4.78 is 1.99. The molecule has 1 saturated heterocycles. The Morgan fingerprint density at radius 1 is 1.04 bits per heavy atom. The second kappa shape index (κ2) is 7.43. The van der Waals surface area contributed by atoms with Crippen molar-refractivity contribution in [3.05, 3.63) is 69.8 Å². The number of halogens is 2. The summed E-state index contributed by atoms with van der Waals surface area (Å²) in [5, 5.41) is 9.70. The molecule has 1 fully saturated rings. The van der Waals surface area contributed by atoms with Crippen LogP contribution in [-0.4, -0.2) is 22.9 Å². The fraction of sp³-hybridized carbons (Fsp3) is 0.286. The molecule has 3 aromatic rings. The molecule has 0 atom stereocenters. The molecular formula is C21H21Cl2N3. The summed E-state index contributed by atoms with van der Waals surface area (Å²) in [6, 6.07) is 16.0. The van der Waals surface area contributed by atoms with E-state index in [-0.39, 0.29) is 0 Å².